The third-order valence-corrected chi connectivity index (χ3v) is 5.50. The van der Waals surface area contributed by atoms with Crippen LogP contribution < -0.4 is 10.5 Å². The molecule has 0 heterocycles. The summed E-state index contributed by atoms with van der Waals surface area (Å²) in [7, 11) is -4.99. The van der Waals surface area contributed by atoms with Crippen LogP contribution in [0.5, 0.6) is 0 Å². The van der Waals surface area contributed by atoms with Crippen LogP contribution in [0.25, 0.3) is 0 Å². The maximum Gasteiger partial charge on any atom is 0.240 e. The minimum absolute atomic E-state index is 0.0147. The first-order valence-corrected chi connectivity index (χ1v) is 8.63. The molecule has 8 heteroatoms. The Morgan fingerprint density at radius 2 is 2.05 bits per heavy atom. The molecule has 0 aromatic heterocycles. The zero-order valence-electron chi connectivity index (χ0n) is 10.9. The molecule has 1 aromatic carbocycles. The van der Waals surface area contributed by atoms with Crippen molar-refractivity contribution in [1.29, 1.82) is 0 Å². The number of rotatable bonds is 5. The van der Waals surface area contributed by atoms with E-state index < -0.39 is 26.6 Å². The summed E-state index contributed by atoms with van der Waals surface area (Å²) in [6, 6.07) is 2.12. The molecule has 0 aliphatic rings. The minimum Gasteiger partial charge on any atom is -0.398 e. The van der Waals surface area contributed by atoms with Crippen LogP contribution in [0.1, 0.15) is 12.5 Å². The Kier molecular flexibility index (Phi) is 5.05. The number of hydrogen-bond acceptors (Lipinski definition) is 4. The first kappa shape index (κ1) is 16.1. The van der Waals surface area contributed by atoms with E-state index in [2.05, 4.69) is 4.72 Å². The lowest BCUT2D eigenvalue weighted by Gasteiger charge is -2.12. The maximum atomic E-state index is 13.5. The number of sulfonamides is 1. The molecule has 2 unspecified atom stereocenters. The molecule has 0 saturated heterocycles. The average molecular weight is 308 g/mol. The van der Waals surface area contributed by atoms with Gasteiger partial charge in [0.15, 0.2) is 0 Å². The number of halogens is 1. The van der Waals surface area contributed by atoms with Crippen LogP contribution in [-0.4, -0.2) is 30.7 Å². The smallest absolute Gasteiger partial charge is 0.240 e. The molecule has 1 aromatic rings. The van der Waals surface area contributed by atoms with Crippen LogP contribution in [0.4, 0.5) is 10.1 Å². The Morgan fingerprint density at radius 1 is 1.47 bits per heavy atom. The Hall–Kier alpha value is -0.990. The summed E-state index contributed by atoms with van der Waals surface area (Å²) in [6.45, 7) is 3.14. The SMILES string of the molecule is Cc1c(N)cc(S(=O)(=O)NCC(C)S(C)=O)cc1F. The van der Waals surface area contributed by atoms with Crippen molar-refractivity contribution in [3.63, 3.8) is 0 Å². The Bertz CT molecular complexity index is 579. The molecule has 108 valence electrons. The molecule has 0 saturated carbocycles. The molecule has 0 aliphatic heterocycles. The van der Waals surface area contributed by atoms with E-state index in [-0.39, 0.29) is 27.9 Å². The van der Waals surface area contributed by atoms with Gasteiger partial charge >= 0.3 is 0 Å². The standard InChI is InChI=1S/C11H17FN2O3S2/c1-7(18(3)15)6-14-19(16,17)9-4-10(12)8(2)11(13)5-9/h4-5,7,14H,6,13H2,1-3H3. The number of nitrogens with one attached hydrogen (secondary N) is 1. The number of nitrogen functional groups attached to an aromatic ring is 1. The molecule has 19 heavy (non-hydrogen) atoms. The second-order valence-electron chi connectivity index (χ2n) is 4.28. The highest BCUT2D eigenvalue weighted by Gasteiger charge is 2.19. The van der Waals surface area contributed by atoms with Crippen molar-refractivity contribution < 1.29 is 17.0 Å². The third kappa shape index (κ3) is 3.99. The predicted octanol–water partition coefficient (Wildman–Crippen LogP) is 0.762. The summed E-state index contributed by atoms with van der Waals surface area (Å²) in [6.07, 6.45) is 1.49. The number of benzene rings is 1. The highest BCUT2D eigenvalue weighted by atomic mass is 32.2. The van der Waals surface area contributed by atoms with E-state index in [0.717, 1.165) is 6.07 Å². The highest BCUT2D eigenvalue weighted by Crippen LogP contribution is 2.20. The van der Waals surface area contributed by atoms with Crippen molar-refractivity contribution in [2.45, 2.75) is 24.0 Å². The summed E-state index contributed by atoms with van der Waals surface area (Å²) >= 11 is 0. The molecule has 3 N–H and O–H groups in total. The first-order chi connectivity index (χ1) is 8.65. The number of nitrogens with two attached hydrogens (primary N) is 1. The van der Waals surface area contributed by atoms with Crippen LogP contribution in [-0.2, 0) is 20.8 Å². The molecular formula is C11H17FN2O3S2. The Balaban J connectivity index is 2.98. The van der Waals surface area contributed by atoms with Crippen molar-refractivity contribution in [3.8, 4) is 0 Å². The van der Waals surface area contributed by atoms with E-state index in [1.165, 1.54) is 19.2 Å². The molecule has 0 aliphatic carbocycles. The van der Waals surface area contributed by atoms with Gasteiger partial charge in [-0.15, -0.1) is 0 Å². The lowest BCUT2D eigenvalue weighted by atomic mass is 10.2. The van der Waals surface area contributed by atoms with E-state index in [9.17, 15) is 17.0 Å². The summed E-state index contributed by atoms with van der Waals surface area (Å²) < 4.78 is 50.8. The first-order valence-electron chi connectivity index (χ1n) is 5.52. The normalized spacial score (nSPS) is 15.2. The molecule has 0 bridgehead atoms. The van der Waals surface area contributed by atoms with Gasteiger partial charge in [-0.05, 0) is 26.0 Å². The summed E-state index contributed by atoms with van der Waals surface area (Å²) in [4.78, 5) is -0.234. The molecule has 0 spiro atoms. The van der Waals surface area contributed by atoms with E-state index >= 15 is 0 Å². The number of hydrogen-bond donors (Lipinski definition) is 2. The lowest BCUT2D eigenvalue weighted by molar-refractivity contribution is 0.576. The van der Waals surface area contributed by atoms with Crippen LogP contribution in [0.15, 0.2) is 17.0 Å². The maximum absolute atomic E-state index is 13.5. The van der Waals surface area contributed by atoms with Crippen molar-refractivity contribution in [1.82, 2.24) is 4.72 Å². The second-order valence-corrected chi connectivity index (χ2v) is 7.85. The van der Waals surface area contributed by atoms with Crippen molar-refractivity contribution in [2.24, 2.45) is 0 Å². The van der Waals surface area contributed by atoms with Gasteiger partial charge in [-0.1, -0.05) is 0 Å². The van der Waals surface area contributed by atoms with Gasteiger partial charge in [-0.2, -0.15) is 0 Å². The summed E-state index contributed by atoms with van der Waals surface area (Å²) in [5.74, 6) is -0.674. The average Bonchev–Trinajstić information content (AvgIpc) is 2.32. The van der Waals surface area contributed by atoms with Crippen molar-refractivity contribution in [3.05, 3.63) is 23.5 Å². The summed E-state index contributed by atoms with van der Waals surface area (Å²) in [5.41, 5.74) is 5.83. The molecule has 5 nitrogen and oxygen atoms in total. The van der Waals surface area contributed by atoms with Gasteiger partial charge in [0.25, 0.3) is 0 Å². The van der Waals surface area contributed by atoms with Crippen LogP contribution >= 0.6 is 0 Å². The van der Waals surface area contributed by atoms with Gasteiger partial charge in [-0.25, -0.2) is 17.5 Å². The zero-order valence-corrected chi connectivity index (χ0v) is 12.6. The molecule has 0 fully saturated rings. The van der Waals surface area contributed by atoms with Crippen molar-refractivity contribution in [2.75, 3.05) is 18.5 Å². The van der Waals surface area contributed by atoms with E-state index in [4.69, 9.17) is 5.73 Å². The van der Waals surface area contributed by atoms with Crippen molar-refractivity contribution >= 4 is 26.5 Å². The largest absolute Gasteiger partial charge is 0.398 e. The predicted molar refractivity (Wildman–Crippen MR) is 74.3 cm³/mol. The monoisotopic (exact) mass is 308 g/mol. The Morgan fingerprint density at radius 3 is 2.53 bits per heavy atom. The molecule has 2 atom stereocenters. The molecule has 0 amide bonds. The minimum atomic E-state index is -3.86. The fraction of sp³-hybridized carbons (Fsp3) is 0.455. The molecule has 0 radical (unpaired) electrons. The van der Waals surface area contributed by atoms with Crippen LogP contribution in [0, 0.1) is 12.7 Å². The van der Waals surface area contributed by atoms with Gasteiger partial charge in [0, 0.05) is 40.1 Å². The van der Waals surface area contributed by atoms with E-state index in [1.807, 2.05) is 0 Å². The third-order valence-electron chi connectivity index (χ3n) is 2.80. The van der Waals surface area contributed by atoms with E-state index in [1.54, 1.807) is 6.92 Å². The lowest BCUT2D eigenvalue weighted by Crippen LogP contribution is -2.32. The van der Waals surface area contributed by atoms with Gasteiger partial charge < -0.3 is 5.73 Å². The van der Waals surface area contributed by atoms with Gasteiger partial charge in [0.1, 0.15) is 5.82 Å². The molecular weight excluding hydrogens is 291 g/mol. The van der Waals surface area contributed by atoms with Gasteiger partial charge in [-0.3, -0.25) is 4.21 Å². The van der Waals surface area contributed by atoms with Gasteiger partial charge in [0.05, 0.1) is 4.90 Å². The fourth-order valence-corrected chi connectivity index (χ4v) is 2.86. The topological polar surface area (TPSA) is 89.3 Å². The van der Waals surface area contributed by atoms with Gasteiger partial charge in [0.2, 0.25) is 10.0 Å². The van der Waals surface area contributed by atoms with Crippen LogP contribution in [0.3, 0.4) is 0 Å². The fourth-order valence-electron chi connectivity index (χ4n) is 1.26. The summed E-state index contributed by atoms with van der Waals surface area (Å²) in [5, 5.41) is -0.331. The quantitative estimate of drug-likeness (QED) is 0.786. The second kappa shape index (κ2) is 5.98. The highest BCUT2D eigenvalue weighted by molar-refractivity contribution is 7.89. The van der Waals surface area contributed by atoms with Crippen LogP contribution in [0.2, 0.25) is 0 Å². The number of anilines is 1. The van der Waals surface area contributed by atoms with E-state index in [0.29, 0.717) is 0 Å². The Labute approximate surface area is 114 Å². The molecule has 1 rings (SSSR count). The zero-order chi connectivity index (χ0) is 14.8.